The number of hydrogen-bond acceptors (Lipinski definition) is 1. The van der Waals surface area contributed by atoms with Crippen LogP contribution in [0.25, 0.3) is 0 Å². The standard InChI is InChI=1S/C21H27ClN2O/c1-16-14-18(22)10-11-19(16)23-20(25)24(13-12-21(2,3)4)15-17-8-6-5-7-9-17/h5-11,14H,12-13,15H2,1-4H3,(H,23,25). The molecule has 0 radical (unpaired) electrons. The maximum Gasteiger partial charge on any atom is 0.322 e. The third-order valence-electron chi connectivity index (χ3n) is 4.07. The number of aryl methyl sites for hydroxylation is 1. The van der Waals surface area contributed by atoms with Gasteiger partial charge in [-0.3, -0.25) is 0 Å². The Morgan fingerprint density at radius 2 is 1.80 bits per heavy atom. The van der Waals surface area contributed by atoms with Gasteiger partial charge in [-0.2, -0.15) is 0 Å². The lowest BCUT2D eigenvalue weighted by atomic mass is 9.92. The summed E-state index contributed by atoms with van der Waals surface area (Å²) in [6.45, 7) is 9.81. The summed E-state index contributed by atoms with van der Waals surface area (Å²) in [6, 6.07) is 15.5. The monoisotopic (exact) mass is 358 g/mol. The smallest absolute Gasteiger partial charge is 0.320 e. The van der Waals surface area contributed by atoms with Gasteiger partial charge in [0.05, 0.1) is 0 Å². The second-order valence-electron chi connectivity index (χ2n) is 7.61. The van der Waals surface area contributed by atoms with Gasteiger partial charge in [0.1, 0.15) is 0 Å². The van der Waals surface area contributed by atoms with E-state index in [0.717, 1.165) is 23.2 Å². The van der Waals surface area contributed by atoms with Crippen molar-refractivity contribution in [1.29, 1.82) is 0 Å². The molecule has 0 atom stereocenters. The van der Waals surface area contributed by atoms with Crippen LogP contribution in [0, 0.1) is 12.3 Å². The Morgan fingerprint density at radius 3 is 2.40 bits per heavy atom. The fourth-order valence-electron chi connectivity index (χ4n) is 2.49. The minimum atomic E-state index is -0.0847. The molecule has 0 aliphatic heterocycles. The fraction of sp³-hybridized carbons (Fsp3) is 0.381. The summed E-state index contributed by atoms with van der Waals surface area (Å²) in [5.74, 6) is 0. The molecule has 134 valence electrons. The van der Waals surface area contributed by atoms with Crippen LogP contribution >= 0.6 is 11.6 Å². The molecule has 0 saturated carbocycles. The molecule has 0 bridgehead atoms. The SMILES string of the molecule is Cc1cc(Cl)ccc1NC(=O)N(CCC(C)(C)C)Cc1ccccc1. The van der Waals surface area contributed by atoms with Crippen LogP contribution in [0.15, 0.2) is 48.5 Å². The number of carbonyl (C=O) groups is 1. The van der Waals surface area contributed by atoms with Crippen LogP contribution in [0.3, 0.4) is 0 Å². The van der Waals surface area contributed by atoms with Gasteiger partial charge in [-0.15, -0.1) is 0 Å². The largest absolute Gasteiger partial charge is 0.322 e. The van der Waals surface area contributed by atoms with Crippen molar-refractivity contribution in [3.63, 3.8) is 0 Å². The number of nitrogens with zero attached hydrogens (tertiary/aromatic N) is 1. The van der Waals surface area contributed by atoms with E-state index in [1.807, 2.05) is 54.3 Å². The maximum atomic E-state index is 12.9. The van der Waals surface area contributed by atoms with E-state index >= 15 is 0 Å². The molecule has 2 aromatic rings. The Labute approximate surface area is 156 Å². The predicted octanol–water partition coefficient (Wildman–Crippen LogP) is 6.12. The number of rotatable bonds is 5. The van der Waals surface area contributed by atoms with Gasteiger partial charge in [-0.1, -0.05) is 62.7 Å². The Balaban J connectivity index is 2.13. The molecular weight excluding hydrogens is 332 g/mol. The molecule has 2 aromatic carbocycles. The molecule has 2 amide bonds. The first-order chi connectivity index (χ1) is 11.7. The molecule has 0 unspecified atom stereocenters. The van der Waals surface area contributed by atoms with E-state index in [-0.39, 0.29) is 11.4 Å². The van der Waals surface area contributed by atoms with Crippen molar-refractivity contribution in [3.05, 3.63) is 64.7 Å². The second kappa shape index (κ2) is 8.39. The molecule has 0 saturated heterocycles. The first-order valence-corrected chi connectivity index (χ1v) is 8.98. The van der Waals surface area contributed by atoms with Gasteiger partial charge < -0.3 is 10.2 Å². The minimum Gasteiger partial charge on any atom is -0.320 e. The molecule has 0 aliphatic carbocycles. The maximum absolute atomic E-state index is 12.9. The summed E-state index contributed by atoms with van der Waals surface area (Å²) in [6.07, 6.45) is 0.937. The average Bonchev–Trinajstić information content (AvgIpc) is 2.54. The summed E-state index contributed by atoms with van der Waals surface area (Å²) < 4.78 is 0. The quantitative estimate of drug-likeness (QED) is 0.686. The summed E-state index contributed by atoms with van der Waals surface area (Å²) in [5.41, 5.74) is 3.05. The van der Waals surface area contributed by atoms with Crippen molar-refractivity contribution < 1.29 is 4.79 Å². The van der Waals surface area contributed by atoms with E-state index in [9.17, 15) is 4.79 Å². The van der Waals surface area contributed by atoms with Gasteiger partial charge in [0.2, 0.25) is 0 Å². The number of benzene rings is 2. The molecular formula is C21H27ClN2O. The zero-order valence-corrected chi connectivity index (χ0v) is 16.2. The molecule has 0 heterocycles. The van der Waals surface area contributed by atoms with Crippen molar-refractivity contribution in [1.82, 2.24) is 4.90 Å². The Hall–Kier alpha value is -2.00. The third kappa shape index (κ3) is 6.43. The first kappa shape index (κ1) is 19.3. The van der Waals surface area contributed by atoms with Gasteiger partial charge in [-0.25, -0.2) is 4.79 Å². The number of hydrogen-bond donors (Lipinski definition) is 1. The van der Waals surface area contributed by atoms with Crippen LogP contribution in [0.2, 0.25) is 5.02 Å². The van der Waals surface area contributed by atoms with Crippen LogP contribution in [0.5, 0.6) is 0 Å². The average molecular weight is 359 g/mol. The van der Waals surface area contributed by atoms with Crippen molar-refractivity contribution in [3.8, 4) is 0 Å². The van der Waals surface area contributed by atoms with E-state index < -0.39 is 0 Å². The van der Waals surface area contributed by atoms with Crippen molar-refractivity contribution in [2.75, 3.05) is 11.9 Å². The predicted molar refractivity (Wildman–Crippen MR) is 106 cm³/mol. The highest BCUT2D eigenvalue weighted by molar-refractivity contribution is 6.30. The van der Waals surface area contributed by atoms with E-state index in [1.165, 1.54) is 0 Å². The highest BCUT2D eigenvalue weighted by atomic mass is 35.5. The zero-order valence-electron chi connectivity index (χ0n) is 15.5. The Bertz CT molecular complexity index is 708. The summed E-state index contributed by atoms with van der Waals surface area (Å²) in [7, 11) is 0. The van der Waals surface area contributed by atoms with Crippen molar-refractivity contribution in [2.24, 2.45) is 5.41 Å². The summed E-state index contributed by atoms with van der Waals surface area (Å²) >= 11 is 6.00. The molecule has 2 rings (SSSR count). The van der Waals surface area contributed by atoms with Crippen LogP contribution in [0.4, 0.5) is 10.5 Å². The normalized spacial score (nSPS) is 11.2. The highest BCUT2D eigenvalue weighted by Crippen LogP contribution is 2.22. The van der Waals surface area contributed by atoms with E-state index in [1.54, 1.807) is 6.07 Å². The lowest BCUT2D eigenvalue weighted by Crippen LogP contribution is -2.36. The van der Waals surface area contributed by atoms with Crippen molar-refractivity contribution >= 4 is 23.3 Å². The Kier molecular flexibility index (Phi) is 6.49. The van der Waals surface area contributed by atoms with Gasteiger partial charge in [0.15, 0.2) is 0 Å². The number of amides is 2. The summed E-state index contributed by atoms with van der Waals surface area (Å²) in [4.78, 5) is 14.7. The molecule has 4 heteroatoms. The highest BCUT2D eigenvalue weighted by Gasteiger charge is 2.19. The lowest BCUT2D eigenvalue weighted by Gasteiger charge is -2.27. The van der Waals surface area contributed by atoms with Gasteiger partial charge >= 0.3 is 6.03 Å². The van der Waals surface area contributed by atoms with Crippen LogP contribution in [0.1, 0.15) is 38.3 Å². The molecule has 3 nitrogen and oxygen atoms in total. The van der Waals surface area contributed by atoms with Gasteiger partial charge in [0, 0.05) is 23.8 Å². The van der Waals surface area contributed by atoms with E-state index in [0.29, 0.717) is 18.1 Å². The summed E-state index contributed by atoms with van der Waals surface area (Å²) in [5, 5.41) is 3.69. The molecule has 0 spiro atoms. The number of anilines is 1. The van der Waals surface area contributed by atoms with Crippen LogP contribution in [-0.4, -0.2) is 17.5 Å². The van der Waals surface area contributed by atoms with Crippen LogP contribution in [-0.2, 0) is 6.54 Å². The molecule has 0 aliphatic rings. The Morgan fingerprint density at radius 1 is 1.12 bits per heavy atom. The molecule has 0 aromatic heterocycles. The second-order valence-corrected chi connectivity index (χ2v) is 8.04. The number of halogens is 1. The lowest BCUT2D eigenvalue weighted by molar-refractivity contribution is 0.198. The first-order valence-electron chi connectivity index (χ1n) is 8.60. The fourth-order valence-corrected chi connectivity index (χ4v) is 2.71. The molecule has 0 fully saturated rings. The number of nitrogens with one attached hydrogen (secondary N) is 1. The number of urea groups is 1. The third-order valence-corrected chi connectivity index (χ3v) is 4.30. The molecule has 1 N–H and O–H groups in total. The molecule has 25 heavy (non-hydrogen) atoms. The van der Waals surface area contributed by atoms with Gasteiger partial charge in [0.25, 0.3) is 0 Å². The van der Waals surface area contributed by atoms with E-state index in [2.05, 4.69) is 26.1 Å². The van der Waals surface area contributed by atoms with Crippen molar-refractivity contribution in [2.45, 2.75) is 40.7 Å². The van der Waals surface area contributed by atoms with Crippen LogP contribution < -0.4 is 5.32 Å². The minimum absolute atomic E-state index is 0.0847. The topological polar surface area (TPSA) is 32.3 Å². The van der Waals surface area contributed by atoms with E-state index in [4.69, 9.17) is 11.6 Å². The van der Waals surface area contributed by atoms with Gasteiger partial charge in [-0.05, 0) is 48.1 Å². The number of carbonyl (C=O) groups excluding carboxylic acids is 1. The zero-order chi connectivity index (χ0) is 18.4.